The van der Waals surface area contributed by atoms with Gasteiger partial charge in [-0.3, -0.25) is 9.88 Å². The molecular weight excluding hydrogens is 214 g/mol. The van der Waals surface area contributed by atoms with Crippen molar-refractivity contribution in [3.8, 4) is 0 Å². The molecule has 2 N–H and O–H groups in total. The van der Waals surface area contributed by atoms with Crippen molar-refractivity contribution >= 4 is 0 Å². The SMILES string of the molecule is CC(N)C(c1ccncc1)N1CCCOCC1. The molecule has 2 heterocycles. The average molecular weight is 235 g/mol. The maximum absolute atomic E-state index is 6.15. The Hall–Kier alpha value is -0.970. The lowest BCUT2D eigenvalue weighted by atomic mass is 10.00. The molecule has 0 bridgehead atoms. The monoisotopic (exact) mass is 235 g/mol. The van der Waals surface area contributed by atoms with E-state index in [1.54, 1.807) is 0 Å². The lowest BCUT2D eigenvalue weighted by Gasteiger charge is -2.33. The first kappa shape index (κ1) is 12.5. The molecule has 0 spiro atoms. The van der Waals surface area contributed by atoms with Crippen molar-refractivity contribution in [1.29, 1.82) is 0 Å². The Morgan fingerprint density at radius 1 is 1.29 bits per heavy atom. The molecular formula is C13H21N3O. The van der Waals surface area contributed by atoms with Gasteiger partial charge < -0.3 is 10.5 Å². The second kappa shape index (κ2) is 6.10. The number of aromatic nitrogens is 1. The topological polar surface area (TPSA) is 51.4 Å². The minimum Gasteiger partial charge on any atom is -0.380 e. The highest BCUT2D eigenvalue weighted by atomic mass is 16.5. The van der Waals surface area contributed by atoms with Crippen LogP contribution in [0.25, 0.3) is 0 Å². The van der Waals surface area contributed by atoms with Gasteiger partial charge in [-0.05, 0) is 31.0 Å². The quantitative estimate of drug-likeness (QED) is 0.855. The van der Waals surface area contributed by atoms with Gasteiger partial charge in [-0.1, -0.05) is 0 Å². The summed E-state index contributed by atoms with van der Waals surface area (Å²) in [6.07, 6.45) is 4.74. The molecule has 1 aromatic heterocycles. The minimum atomic E-state index is 0.107. The standard InChI is InChI=1S/C13H21N3O/c1-11(14)13(12-3-5-15-6-4-12)16-7-2-9-17-10-8-16/h3-6,11,13H,2,7-10,14H2,1H3. The molecule has 2 unspecified atom stereocenters. The van der Waals surface area contributed by atoms with E-state index in [2.05, 4.69) is 28.9 Å². The van der Waals surface area contributed by atoms with E-state index in [0.29, 0.717) is 0 Å². The Balaban J connectivity index is 2.16. The van der Waals surface area contributed by atoms with E-state index in [1.807, 2.05) is 12.4 Å². The molecule has 4 heteroatoms. The molecule has 1 fully saturated rings. The highest BCUT2D eigenvalue weighted by molar-refractivity contribution is 5.17. The van der Waals surface area contributed by atoms with E-state index in [-0.39, 0.29) is 12.1 Å². The van der Waals surface area contributed by atoms with Gasteiger partial charge in [0.05, 0.1) is 6.61 Å². The van der Waals surface area contributed by atoms with E-state index in [0.717, 1.165) is 32.7 Å². The summed E-state index contributed by atoms with van der Waals surface area (Å²) < 4.78 is 5.50. The van der Waals surface area contributed by atoms with Gasteiger partial charge in [-0.25, -0.2) is 0 Å². The number of pyridine rings is 1. The van der Waals surface area contributed by atoms with Crippen LogP contribution in [0.3, 0.4) is 0 Å². The zero-order valence-corrected chi connectivity index (χ0v) is 10.4. The summed E-state index contributed by atoms with van der Waals surface area (Å²) in [7, 11) is 0. The number of hydrogen-bond acceptors (Lipinski definition) is 4. The zero-order chi connectivity index (χ0) is 12.1. The maximum atomic E-state index is 6.15. The Morgan fingerprint density at radius 2 is 2.06 bits per heavy atom. The van der Waals surface area contributed by atoms with Crippen LogP contribution >= 0.6 is 0 Å². The highest BCUT2D eigenvalue weighted by Gasteiger charge is 2.24. The van der Waals surface area contributed by atoms with E-state index in [9.17, 15) is 0 Å². The summed E-state index contributed by atoms with van der Waals surface area (Å²) in [4.78, 5) is 6.49. The molecule has 94 valence electrons. The van der Waals surface area contributed by atoms with Crippen molar-refractivity contribution in [1.82, 2.24) is 9.88 Å². The van der Waals surface area contributed by atoms with Crippen LogP contribution in [0.5, 0.6) is 0 Å². The second-order valence-corrected chi connectivity index (χ2v) is 4.59. The highest BCUT2D eigenvalue weighted by Crippen LogP contribution is 2.23. The van der Waals surface area contributed by atoms with Gasteiger partial charge in [-0.15, -0.1) is 0 Å². The number of nitrogens with zero attached hydrogens (tertiary/aromatic N) is 2. The van der Waals surface area contributed by atoms with Crippen LogP contribution in [0.4, 0.5) is 0 Å². The van der Waals surface area contributed by atoms with E-state index >= 15 is 0 Å². The fourth-order valence-electron chi connectivity index (χ4n) is 2.45. The van der Waals surface area contributed by atoms with Crippen molar-refractivity contribution in [2.45, 2.75) is 25.4 Å². The first-order valence-electron chi connectivity index (χ1n) is 6.26. The van der Waals surface area contributed by atoms with Crippen LogP contribution < -0.4 is 5.73 Å². The molecule has 1 aliphatic rings. The Bertz CT molecular complexity index is 321. The van der Waals surface area contributed by atoms with Gasteiger partial charge in [0.15, 0.2) is 0 Å². The summed E-state index contributed by atoms with van der Waals surface area (Å²) in [5.41, 5.74) is 7.39. The lowest BCUT2D eigenvalue weighted by Crippen LogP contribution is -2.40. The van der Waals surface area contributed by atoms with Crippen molar-refractivity contribution < 1.29 is 4.74 Å². The van der Waals surface area contributed by atoms with Crippen molar-refractivity contribution in [2.75, 3.05) is 26.3 Å². The summed E-state index contributed by atoms with van der Waals surface area (Å²) in [5, 5.41) is 0. The first-order valence-corrected chi connectivity index (χ1v) is 6.26. The molecule has 0 saturated carbocycles. The third-order valence-corrected chi connectivity index (χ3v) is 3.20. The van der Waals surface area contributed by atoms with Crippen LogP contribution in [0.15, 0.2) is 24.5 Å². The Labute approximate surface area is 103 Å². The molecule has 0 amide bonds. The molecule has 2 atom stereocenters. The average Bonchev–Trinajstić information content (AvgIpc) is 2.59. The summed E-state index contributed by atoms with van der Waals surface area (Å²) in [5.74, 6) is 0. The second-order valence-electron chi connectivity index (χ2n) is 4.59. The summed E-state index contributed by atoms with van der Waals surface area (Å²) in [6.45, 7) is 5.73. The molecule has 4 nitrogen and oxygen atoms in total. The van der Waals surface area contributed by atoms with Crippen LogP contribution in [0.1, 0.15) is 24.9 Å². The smallest absolute Gasteiger partial charge is 0.0593 e. The van der Waals surface area contributed by atoms with Crippen LogP contribution in [0, 0.1) is 0 Å². The predicted molar refractivity (Wildman–Crippen MR) is 67.6 cm³/mol. The van der Waals surface area contributed by atoms with E-state index < -0.39 is 0 Å². The van der Waals surface area contributed by atoms with Crippen molar-refractivity contribution in [3.05, 3.63) is 30.1 Å². The summed E-state index contributed by atoms with van der Waals surface area (Å²) in [6, 6.07) is 4.48. The Kier molecular flexibility index (Phi) is 4.48. The molecule has 2 rings (SSSR count). The maximum Gasteiger partial charge on any atom is 0.0593 e. The van der Waals surface area contributed by atoms with Gasteiger partial charge in [0.2, 0.25) is 0 Å². The van der Waals surface area contributed by atoms with Gasteiger partial charge in [0, 0.05) is 44.2 Å². The molecule has 0 aromatic carbocycles. The minimum absolute atomic E-state index is 0.107. The van der Waals surface area contributed by atoms with Crippen LogP contribution in [-0.4, -0.2) is 42.2 Å². The number of nitrogens with two attached hydrogens (primary N) is 1. The van der Waals surface area contributed by atoms with E-state index in [4.69, 9.17) is 10.5 Å². The number of hydrogen-bond donors (Lipinski definition) is 1. The predicted octanol–water partition coefficient (Wildman–Crippen LogP) is 1.19. The van der Waals surface area contributed by atoms with Gasteiger partial charge in [0.1, 0.15) is 0 Å². The fourth-order valence-corrected chi connectivity index (χ4v) is 2.45. The van der Waals surface area contributed by atoms with Crippen LogP contribution in [-0.2, 0) is 4.74 Å². The van der Waals surface area contributed by atoms with Gasteiger partial charge >= 0.3 is 0 Å². The third-order valence-electron chi connectivity index (χ3n) is 3.20. The van der Waals surface area contributed by atoms with Crippen LogP contribution in [0.2, 0.25) is 0 Å². The van der Waals surface area contributed by atoms with Gasteiger partial charge in [0.25, 0.3) is 0 Å². The number of ether oxygens (including phenoxy) is 1. The van der Waals surface area contributed by atoms with Crippen molar-refractivity contribution in [2.24, 2.45) is 5.73 Å². The van der Waals surface area contributed by atoms with Crippen molar-refractivity contribution in [3.63, 3.8) is 0 Å². The molecule has 0 aliphatic carbocycles. The van der Waals surface area contributed by atoms with E-state index in [1.165, 1.54) is 5.56 Å². The first-order chi connectivity index (χ1) is 8.29. The fraction of sp³-hybridized carbons (Fsp3) is 0.615. The number of rotatable bonds is 3. The van der Waals surface area contributed by atoms with Gasteiger partial charge in [-0.2, -0.15) is 0 Å². The molecule has 1 saturated heterocycles. The molecule has 0 radical (unpaired) electrons. The Morgan fingerprint density at radius 3 is 2.76 bits per heavy atom. The zero-order valence-electron chi connectivity index (χ0n) is 10.4. The molecule has 1 aliphatic heterocycles. The largest absolute Gasteiger partial charge is 0.380 e. The summed E-state index contributed by atoms with van der Waals surface area (Å²) >= 11 is 0. The molecule has 1 aromatic rings. The normalized spacial score (nSPS) is 21.8. The third kappa shape index (κ3) is 3.25. The lowest BCUT2D eigenvalue weighted by molar-refractivity contribution is 0.127. The molecule has 17 heavy (non-hydrogen) atoms.